The Morgan fingerprint density at radius 3 is 2.43 bits per heavy atom. The monoisotopic (exact) mass is 588 g/mol. The van der Waals surface area contributed by atoms with Crippen LogP contribution in [0.5, 0.6) is 0 Å². The van der Waals surface area contributed by atoms with E-state index in [1.807, 2.05) is 30.5 Å². The summed E-state index contributed by atoms with van der Waals surface area (Å²) >= 11 is 6.13. The number of carbonyl (C=O) groups is 1. The van der Waals surface area contributed by atoms with Crippen molar-refractivity contribution in [3.8, 4) is 11.3 Å². The second-order valence-corrected chi connectivity index (χ2v) is 16.2. The van der Waals surface area contributed by atoms with Crippen molar-refractivity contribution in [2.45, 2.75) is 105 Å². The lowest BCUT2D eigenvalue weighted by Gasteiger charge is -2.67. The fourth-order valence-electron chi connectivity index (χ4n) is 11.8. The van der Waals surface area contributed by atoms with Crippen molar-refractivity contribution in [1.29, 1.82) is 0 Å². The number of halogens is 1. The number of carbonyl (C=O) groups excluding carboxylic acids is 1. The first-order valence-electron chi connectivity index (χ1n) is 16.7. The summed E-state index contributed by atoms with van der Waals surface area (Å²) in [5, 5.41) is 11.5. The largest absolute Gasteiger partial charge is 0.393 e. The second-order valence-electron chi connectivity index (χ2n) is 15.8. The molecule has 1 aromatic heterocycles. The number of hydrogen-bond acceptors (Lipinski definition) is 3. The predicted octanol–water partition coefficient (Wildman–Crippen LogP) is 8.83. The van der Waals surface area contributed by atoms with Crippen molar-refractivity contribution in [2.24, 2.45) is 51.8 Å². The van der Waals surface area contributed by atoms with E-state index in [2.05, 4.69) is 39.6 Å². The fraction of sp³-hybridized carbons (Fsp3) is 0.676. The molecule has 226 valence electrons. The summed E-state index contributed by atoms with van der Waals surface area (Å²) in [6.07, 6.45) is 12.7. The maximum absolute atomic E-state index is 13.9. The Bertz CT molecular complexity index is 1410. The van der Waals surface area contributed by atoms with Gasteiger partial charge < -0.3 is 10.1 Å². The van der Waals surface area contributed by atoms with E-state index in [4.69, 9.17) is 16.6 Å². The molecule has 4 nitrogen and oxygen atoms in total. The predicted molar refractivity (Wildman–Crippen MR) is 169 cm³/mol. The Labute approximate surface area is 257 Å². The molecule has 0 amide bonds. The summed E-state index contributed by atoms with van der Waals surface area (Å²) in [5.74, 6) is 4.53. The number of nitrogens with one attached hydrogen (secondary N) is 1. The zero-order valence-electron chi connectivity index (χ0n) is 26.2. The molecule has 0 spiro atoms. The maximum atomic E-state index is 13.9. The molecule has 9 unspecified atom stereocenters. The summed E-state index contributed by atoms with van der Waals surface area (Å²) in [5.41, 5.74) is 5.29. The van der Waals surface area contributed by atoms with Gasteiger partial charge in [-0.1, -0.05) is 63.9 Å². The zero-order chi connectivity index (χ0) is 29.6. The average molecular weight is 589 g/mol. The third-order valence-electron chi connectivity index (χ3n) is 13.6. The molecule has 7 rings (SSSR count). The molecule has 4 saturated carbocycles. The van der Waals surface area contributed by atoms with Gasteiger partial charge in [-0.15, -0.1) is 0 Å². The molecule has 0 bridgehead atoms. The number of imidazole rings is 1. The van der Waals surface area contributed by atoms with Crippen molar-refractivity contribution in [2.75, 3.05) is 0 Å². The minimum atomic E-state index is -0.135. The summed E-state index contributed by atoms with van der Waals surface area (Å²) < 4.78 is 0. The van der Waals surface area contributed by atoms with Crippen molar-refractivity contribution < 1.29 is 9.90 Å². The maximum Gasteiger partial charge on any atom is 0.160 e. The number of aromatic nitrogens is 2. The number of Topliss-reactive ketones (excluding diaryl/α,β-unsaturated/α-hetero) is 1. The number of nitrogens with zero attached hydrogens (tertiary/aromatic N) is 1. The van der Waals surface area contributed by atoms with Crippen LogP contribution in [0.3, 0.4) is 0 Å². The Balaban J connectivity index is 1.23. The van der Waals surface area contributed by atoms with Gasteiger partial charge >= 0.3 is 0 Å². The molecule has 5 aliphatic carbocycles. The molecule has 0 radical (unpaired) electrons. The fourth-order valence-corrected chi connectivity index (χ4v) is 11.9. The van der Waals surface area contributed by atoms with Crippen LogP contribution in [-0.4, -0.2) is 27.0 Å². The first kappa shape index (κ1) is 28.8. The Hall–Kier alpha value is -1.91. The first-order valence-corrected chi connectivity index (χ1v) is 17.1. The number of allylic oxidation sites excluding steroid dienone is 2. The Morgan fingerprint density at radius 1 is 1.00 bits per heavy atom. The molecule has 2 aromatic rings. The van der Waals surface area contributed by atoms with Gasteiger partial charge in [-0.05, 0) is 121 Å². The number of ketones is 1. The quantitative estimate of drug-likeness (QED) is 0.375. The van der Waals surface area contributed by atoms with E-state index in [9.17, 15) is 9.90 Å². The molecular weight excluding hydrogens is 540 g/mol. The standard InChI is InChI=1S/C37H49ClN2O2/c1-21(2)33-30(42)18-37(19-32-39-20-28(40-32)23-6-8-24(38)9-7-23)17-13-27-25(34(33)37)10-11-31-35(4)16-14-29(41)22(3)26(35)12-15-36(27,31)5/h6-9,20-22,25-27,29,31,41H,10-19H2,1-5H3,(H,39,40). The van der Waals surface area contributed by atoms with Crippen molar-refractivity contribution >= 4 is 17.4 Å². The third-order valence-corrected chi connectivity index (χ3v) is 13.8. The highest BCUT2D eigenvalue weighted by Crippen LogP contribution is 2.71. The highest BCUT2D eigenvalue weighted by atomic mass is 35.5. The van der Waals surface area contributed by atoms with Crippen LogP contribution in [0.25, 0.3) is 11.3 Å². The minimum Gasteiger partial charge on any atom is -0.393 e. The van der Waals surface area contributed by atoms with Crippen molar-refractivity contribution in [3.05, 3.63) is 52.5 Å². The topological polar surface area (TPSA) is 66.0 Å². The number of rotatable bonds is 4. The lowest BCUT2D eigenvalue weighted by atomic mass is 9.38. The van der Waals surface area contributed by atoms with E-state index in [1.165, 1.54) is 37.7 Å². The van der Waals surface area contributed by atoms with Gasteiger partial charge in [0.05, 0.1) is 18.0 Å². The summed E-state index contributed by atoms with van der Waals surface area (Å²) in [6, 6.07) is 7.91. The number of benzene rings is 1. The van der Waals surface area contributed by atoms with Gasteiger partial charge in [-0.25, -0.2) is 4.98 Å². The third kappa shape index (κ3) is 4.17. The van der Waals surface area contributed by atoms with E-state index in [0.29, 0.717) is 52.6 Å². The van der Waals surface area contributed by atoms with Crippen LogP contribution < -0.4 is 0 Å². The van der Waals surface area contributed by atoms with Crippen LogP contribution in [-0.2, 0) is 11.2 Å². The normalized spacial score (nSPS) is 41.4. The van der Waals surface area contributed by atoms with Crippen LogP contribution in [0.4, 0.5) is 0 Å². The molecule has 0 saturated heterocycles. The van der Waals surface area contributed by atoms with E-state index >= 15 is 0 Å². The number of H-pyrrole nitrogens is 1. The number of hydrogen-bond donors (Lipinski definition) is 2. The van der Waals surface area contributed by atoms with Crippen molar-refractivity contribution in [3.63, 3.8) is 0 Å². The van der Waals surface area contributed by atoms with E-state index in [0.717, 1.165) is 53.4 Å². The van der Waals surface area contributed by atoms with Gasteiger partial charge in [0.25, 0.3) is 0 Å². The highest BCUT2D eigenvalue weighted by Gasteiger charge is 2.64. The molecule has 5 aliphatic rings. The van der Waals surface area contributed by atoms with Crippen LogP contribution in [0.1, 0.15) is 98.2 Å². The molecular formula is C37H49ClN2O2. The molecule has 9 atom stereocenters. The Kier molecular flexibility index (Phi) is 6.91. The molecule has 1 aromatic carbocycles. The SMILES string of the molecule is CC(C)C1=C2C3CCC4C(C)(CCC5C(C)C(O)CCC54C)C3CCC2(Cc2ncc(-c3ccc(Cl)cc3)[nH]2)CC1=O. The number of aromatic amines is 1. The molecule has 0 aliphatic heterocycles. The van der Waals surface area contributed by atoms with Gasteiger partial charge in [0.1, 0.15) is 5.82 Å². The highest BCUT2D eigenvalue weighted by molar-refractivity contribution is 6.30. The van der Waals surface area contributed by atoms with Crippen LogP contribution >= 0.6 is 11.6 Å². The van der Waals surface area contributed by atoms with E-state index in [1.54, 1.807) is 0 Å². The van der Waals surface area contributed by atoms with Gasteiger partial charge in [-0.2, -0.15) is 0 Å². The van der Waals surface area contributed by atoms with Crippen LogP contribution in [0.15, 0.2) is 41.6 Å². The van der Waals surface area contributed by atoms with E-state index in [-0.39, 0.29) is 17.4 Å². The second kappa shape index (κ2) is 10.1. The lowest BCUT2D eigenvalue weighted by molar-refractivity contribution is -0.178. The Morgan fingerprint density at radius 2 is 1.69 bits per heavy atom. The van der Waals surface area contributed by atoms with E-state index < -0.39 is 0 Å². The van der Waals surface area contributed by atoms with Gasteiger partial charge in [0.15, 0.2) is 5.78 Å². The number of aliphatic hydroxyl groups is 1. The van der Waals surface area contributed by atoms with Crippen LogP contribution in [0.2, 0.25) is 5.02 Å². The number of fused-ring (bicyclic) bond motifs is 7. The number of aliphatic hydroxyl groups excluding tert-OH is 1. The lowest BCUT2D eigenvalue weighted by Crippen LogP contribution is -2.60. The van der Waals surface area contributed by atoms with Gasteiger partial charge in [0.2, 0.25) is 0 Å². The van der Waals surface area contributed by atoms with Crippen molar-refractivity contribution in [1.82, 2.24) is 9.97 Å². The van der Waals surface area contributed by atoms with Crippen LogP contribution in [0, 0.1) is 51.8 Å². The summed E-state index contributed by atoms with van der Waals surface area (Å²) in [6.45, 7) is 12.0. The molecule has 1 heterocycles. The smallest absolute Gasteiger partial charge is 0.160 e. The molecule has 42 heavy (non-hydrogen) atoms. The van der Waals surface area contributed by atoms with Gasteiger partial charge in [-0.3, -0.25) is 4.79 Å². The zero-order valence-corrected chi connectivity index (χ0v) is 26.9. The van der Waals surface area contributed by atoms with Gasteiger partial charge in [0, 0.05) is 23.3 Å². The summed E-state index contributed by atoms with van der Waals surface area (Å²) in [7, 11) is 0. The summed E-state index contributed by atoms with van der Waals surface area (Å²) in [4.78, 5) is 22.3. The molecule has 2 N–H and O–H groups in total. The first-order chi connectivity index (χ1) is 20.0. The molecule has 5 heteroatoms. The minimum absolute atomic E-state index is 0.110. The average Bonchev–Trinajstić information content (AvgIpc) is 3.52. The molecule has 4 fully saturated rings.